The number of aryl methyl sites for hydroxylation is 1. The minimum atomic E-state index is -0.528. The Morgan fingerprint density at radius 2 is 1.89 bits per heavy atom. The van der Waals surface area contributed by atoms with Crippen LogP contribution in [0.5, 0.6) is 0 Å². The van der Waals surface area contributed by atoms with Crippen molar-refractivity contribution in [1.29, 1.82) is 0 Å². The summed E-state index contributed by atoms with van der Waals surface area (Å²) in [5, 5.41) is 22.5. The number of amides is 1. The van der Waals surface area contributed by atoms with E-state index in [1.807, 2.05) is 42.8 Å². The molecule has 1 N–H and O–H groups in total. The fourth-order valence-corrected chi connectivity index (χ4v) is 3.26. The molecule has 1 amide bonds. The summed E-state index contributed by atoms with van der Waals surface area (Å²) in [7, 11) is 1.84. The summed E-state index contributed by atoms with van der Waals surface area (Å²) in [4.78, 5) is 22.7. The van der Waals surface area contributed by atoms with Gasteiger partial charge in [0, 0.05) is 18.7 Å². The molecule has 1 aromatic heterocycles. The maximum atomic E-state index is 12.2. The number of hydrogen-bond acceptors (Lipinski definition) is 6. The van der Waals surface area contributed by atoms with Gasteiger partial charge in [-0.3, -0.25) is 14.9 Å². The monoisotopic (exact) mass is 383 g/mol. The molecule has 0 saturated heterocycles. The molecule has 0 spiro atoms. The van der Waals surface area contributed by atoms with E-state index in [9.17, 15) is 14.9 Å². The van der Waals surface area contributed by atoms with Gasteiger partial charge >= 0.3 is 0 Å². The number of nitro groups is 1. The second kappa shape index (κ2) is 8.00. The maximum absolute atomic E-state index is 12.2. The Morgan fingerprint density at radius 1 is 1.19 bits per heavy atom. The van der Waals surface area contributed by atoms with Gasteiger partial charge in [-0.05, 0) is 18.6 Å². The van der Waals surface area contributed by atoms with Gasteiger partial charge in [0.2, 0.25) is 5.91 Å². The molecular formula is C18H17N5O3S. The van der Waals surface area contributed by atoms with E-state index in [0.717, 1.165) is 17.0 Å². The minimum Gasteiger partial charge on any atom is -0.320 e. The molecule has 0 radical (unpaired) electrons. The molecule has 3 aromatic rings. The fourth-order valence-electron chi connectivity index (χ4n) is 2.55. The SMILES string of the molecule is Cc1ccccc1-c1nnc(SCC(=O)Nc2ccccc2[N+](=O)[O-])n1C. The second-order valence-corrected chi connectivity index (χ2v) is 6.73. The first-order chi connectivity index (χ1) is 13.0. The van der Waals surface area contributed by atoms with Crippen molar-refractivity contribution < 1.29 is 9.72 Å². The van der Waals surface area contributed by atoms with E-state index >= 15 is 0 Å². The second-order valence-electron chi connectivity index (χ2n) is 5.79. The standard InChI is InChI=1S/C18H17N5O3S/c1-12-7-3-4-8-13(12)17-20-21-18(22(17)2)27-11-16(24)19-14-9-5-6-10-15(14)23(25)26/h3-10H,11H2,1-2H3,(H,19,24). The summed E-state index contributed by atoms with van der Waals surface area (Å²) < 4.78 is 1.82. The summed E-state index contributed by atoms with van der Waals surface area (Å²) in [5.74, 6) is 0.427. The Kier molecular flexibility index (Phi) is 5.51. The number of carbonyl (C=O) groups excluding carboxylic acids is 1. The van der Waals surface area contributed by atoms with Crippen LogP contribution in [-0.2, 0) is 11.8 Å². The average Bonchev–Trinajstić information content (AvgIpc) is 3.01. The van der Waals surface area contributed by atoms with Gasteiger partial charge in [0.1, 0.15) is 5.69 Å². The van der Waals surface area contributed by atoms with Crippen molar-refractivity contribution in [1.82, 2.24) is 14.8 Å². The van der Waals surface area contributed by atoms with E-state index in [0.29, 0.717) is 5.16 Å². The number of thioether (sulfide) groups is 1. The Bertz CT molecular complexity index is 1000. The van der Waals surface area contributed by atoms with Crippen molar-refractivity contribution in [3.63, 3.8) is 0 Å². The van der Waals surface area contributed by atoms with Crippen molar-refractivity contribution in [3.8, 4) is 11.4 Å². The van der Waals surface area contributed by atoms with E-state index in [2.05, 4.69) is 15.5 Å². The number of nitro benzene ring substituents is 1. The molecule has 0 aliphatic carbocycles. The van der Waals surface area contributed by atoms with Crippen molar-refractivity contribution in [2.24, 2.45) is 7.05 Å². The van der Waals surface area contributed by atoms with Crippen LogP contribution in [0.3, 0.4) is 0 Å². The molecule has 27 heavy (non-hydrogen) atoms. The molecule has 3 rings (SSSR count). The molecule has 1 heterocycles. The van der Waals surface area contributed by atoms with Gasteiger partial charge in [-0.2, -0.15) is 0 Å². The van der Waals surface area contributed by atoms with Crippen molar-refractivity contribution in [2.45, 2.75) is 12.1 Å². The van der Waals surface area contributed by atoms with Gasteiger partial charge in [0.05, 0.1) is 10.7 Å². The zero-order valence-electron chi connectivity index (χ0n) is 14.7. The lowest BCUT2D eigenvalue weighted by Gasteiger charge is -2.07. The molecule has 0 bridgehead atoms. The highest BCUT2D eigenvalue weighted by molar-refractivity contribution is 7.99. The van der Waals surface area contributed by atoms with Crippen LogP contribution in [0.25, 0.3) is 11.4 Å². The van der Waals surface area contributed by atoms with Gasteiger partial charge in [-0.15, -0.1) is 10.2 Å². The Hall–Kier alpha value is -3.20. The molecule has 0 saturated carbocycles. The number of aromatic nitrogens is 3. The molecule has 8 nitrogen and oxygen atoms in total. The highest BCUT2D eigenvalue weighted by atomic mass is 32.2. The molecule has 9 heteroatoms. The number of rotatable bonds is 6. The van der Waals surface area contributed by atoms with Crippen LogP contribution in [0.2, 0.25) is 0 Å². The number of para-hydroxylation sites is 2. The highest BCUT2D eigenvalue weighted by Crippen LogP contribution is 2.26. The minimum absolute atomic E-state index is 0.0613. The normalized spacial score (nSPS) is 10.6. The third-order valence-corrected chi connectivity index (χ3v) is 4.95. The van der Waals surface area contributed by atoms with Crippen LogP contribution >= 0.6 is 11.8 Å². The van der Waals surface area contributed by atoms with Crippen molar-refractivity contribution in [3.05, 3.63) is 64.2 Å². The number of anilines is 1. The van der Waals surface area contributed by atoms with Gasteiger partial charge < -0.3 is 9.88 Å². The summed E-state index contributed by atoms with van der Waals surface area (Å²) in [6.45, 7) is 2.00. The van der Waals surface area contributed by atoms with Crippen LogP contribution in [0, 0.1) is 17.0 Å². The topological polar surface area (TPSA) is 103 Å². The lowest BCUT2D eigenvalue weighted by molar-refractivity contribution is -0.383. The number of benzene rings is 2. The number of nitrogens with zero attached hydrogens (tertiary/aromatic N) is 4. The quantitative estimate of drug-likeness (QED) is 0.397. The molecule has 0 aliphatic rings. The first kappa shape index (κ1) is 18.6. The predicted molar refractivity (Wildman–Crippen MR) is 104 cm³/mol. The third kappa shape index (κ3) is 4.14. The van der Waals surface area contributed by atoms with Gasteiger partial charge in [-0.25, -0.2) is 0 Å². The van der Waals surface area contributed by atoms with Crippen LogP contribution in [0.15, 0.2) is 53.7 Å². The molecular weight excluding hydrogens is 366 g/mol. The van der Waals surface area contributed by atoms with Crippen LogP contribution in [-0.4, -0.2) is 31.3 Å². The predicted octanol–water partition coefficient (Wildman–Crippen LogP) is 3.43. The summed E-state index contributed by atoms with van der Waals surface area (Å²) in [5.41, 5.74) is 2.09. The van der Waals surface area contributed by atoms with E-state index < -0.39 is 4.92 Å². The average molecular weight is 383 g/mol. The first-order valence-electron chi connectivity index (χ1n) is 8.09. The number of hydrogen-bond donors (Lipinski definition) is 1. The van der Waals surface area contributed by atoms with Crippen LogP contribution in [0.4, 0.5) is 11.4 Å². The Labute approximate surface area is 159 Å². The molecule has 138 valence electrons. The van der Waals surface area contributed by atoms with E-state index in [1.165, 1.54) is 23.9 Å². The fraction of sp³-hybridized carbons (Fsp3) is 0.167. The lowest BCUT2D eigenvalue weighted by Crippen LogP contribution is -2.15. The molecule has 0 unspecified atom stereocenters. The van der Waals surface area contributed by atoms with Gasteiger partial charge in [-0.1, -0.05) is 48.2 Å². The smallest absolute Gasteiger partial charge is 0.292 e. The van der Waals surface area contributed by atoms with Crippen molar-refractivity contribution >= 4 is 29.0 Å². The zero-order valence-corrected chi connectivity index (χ0v) is 15.6. The van der Waals surface area contributed by atoms with Gasteiger partial charge in [0.25, 0.3) is 5.69 Å². The van der Waals surface area contributed by atoms with Crippen LogP contribution < -0.4 is 5.32 Å². The highest BCUT2D eigenvalue weighted by Gasteiger charge is 2.17. The maximum Gasteiger partial charge on any atom is 0.292 e. The zero-order chi connectivity index (χ0) is 19.4. The first-order valence-corrected chi connectivity index (χ1v) is 9.07. The number of carbonyl (C=O) groups is 1. The molecule has 0 atom stereocenters. The molecule has 2 aromatic carbocycles. The molecule has 0 aliphatic heterocycles. The third-order valence-electron chi connectivity index (χ3n) is 3.93. The Morgan fingerprint density at radius 3 is 2.63 bits per heavy atom. The molecule has 0 fully saturated rings. The van der Waals surface area contributed by atoms with Gasteiger partial charge in [0.15, 0.2) is 11.0 Å². The van der Waals surface area contributed by atoms with E-state index in [4.69, 9.17) is 0 Å². The summed E-state index contributed by atoms with van der Waals surface area (Å²) in [6, 6.07) is 13.9. The van der Waals surface area contributed by atoms with Crippen molar-refractivity contribution in [2.75, 3.05) is 11.1 Å². The number of nitrogens with one attached hydrogen (secondary N) is 1. The largest absolute Gasteiger partial charge is 0.320 e. The van der Waals surface area contributed by atoms with E-state index in [1.54, 1.807) is 12.1 Å². The Balaban J connectivity index is 1.69. The van der Waals surface area contributed by atoms with E-state index in [-0.39, 0.29) is 23.0 Å². The summed E-state index contributed by atoms with van der Waals surface area (Å²) in [6.07, 6.45) is 0. The summed E-state index contributed by atoms with van der Waals surface area (Å²) >= 11 is 1.22. The lowest BCUT2D eigenvalue weighted by atomic mass is 10.1. The van der Waals surface area contributed by atoms with Crippen LogP contribution in [0.1, 0.15) is 5.56 Å².